The first kappa shape index (κ1) is 17.0. The standard InChI is InChI=1S/C13H10F3N3O3S/c14-13(15,16)8-3-1-7(2-4-8)6-17-19-12-18-11(22)9(23-12)5-10(20)21/h1-4,6,9H,5H2,(H,20,21)(H,18,19,22)/b17-6+. The lowest BCUT2D eigenvalue weighted by Crippen LogP contribution is -2.26. The average molecular weight is 345 g/mol. The van der Waals surface area contributed by atoms with Crippen molar-refractivity contribution in [3.63, 3.8) is 0 Å². The van der Waals surface area contributed by atoms with Crippen molar-refractivity contribution >= 4 is 35.0 Å². The summed E-state index contributed by atoms with van der Waals surface area (Å²) in [5, 5.41) is 17.7. The monoisotopic (exact) mass is 345 g/mol. The van der Waals surface area contributed by atoms with Gasteiger partial charge in [-0.05, 0) is 17.7 Å². The fraction of sp³-hybridized carbons (Fsp3) is 0.231. The summed E-state index contributed by atoms with van der Waals surface area (Å²) in [6.45, 7) is 0. The first-order valence-electron chi connectivity index (χ1n) is 6.23. The van der Waals surface area contributed by atoms with Crippen LogP contribution in [0.4, 0.5) is 13.2 Å². The molecular formula is C13H10F3N3O3S. The Morgan fingerprint density at radius 2 is 2.00 bits per heavy atom. The number of carbonyl (C=O) groups is 2. The van der Waals surface area contributed by atoms with Crippen LogP contribution in [-0.4, -0.2) is 33.6 Å². The summed E-state index contributed by atoms with van der Waals surface area (Å²) in [7, 11) is 0. The van der Waals surface area contributed by atoms with Crippen LogP contribution in [0.2, 0.25) is 0 Å². The largest absolute Gasteiger partial charge is 0.481 e. The third kappa shape index (κ3) is 4.81. The van der Waals surface area contributed by atoms with Crippen molar-refractivity contribution in [2.24, 2.45) is 10.2 Å². The lowest BCUT2D eigenvalue weighted by atomic mass is 10.1. The van der Waals surface area contributed by atoms with Gasteiger partial charge in [-0.25, -0.2) is 0 Å². The molecule has 10 heteroatoms. The Hall–Kier alpha value is -2.36. The summed E-state index contributed by atoms with van der Waals surface area (Å²) in [4.78, 5) is 22.0. The smallest absolute Gasteiger partial charge is 0.416 e. The van der Waals surface area contributed by atoms with Crippen LogP contribution in [0.5, 0.6) is 0 Å². The fourth-order valence-electron chi connectivity index (χ4n) is 1.65. The molecule has 6 nitrogen and oxygen atoms in total. The second kappa shape index (κ2) is 6.82. The summed E-state index contributed by atoms with van der Waals surface area (Å²) in [6, 6.07) is 4.31. The quantitative estimate of drug-likeness (QED) is 0.646. The van der Waals surface area contributed by atoms with Crippen molar-refractivity contribution < 1.29 is 27.9 Å². The second-order valence-corrected chi connectivity index (χ2v) is 5.65. The topological polar surface area (TPSA) is 91.1 Å². The lowest BCUT2D eigenvalue weighted by Gasteiger charge is -2.05. The van der Waals surface area contributed by atoms with E-state index in [-0.39, 0.29) is 11.6 Å². The SMILES string of the molecule is O=C(O)CC1S/C(=N/N=C/c2ccc(C(F)(F)F)cc2)NC1=O. The van der Waals surface area contributed by atoms with E-state index in [1.165, 1.54) is 18.3 Å². The molecule has 0 aromatic heterocycles. The van der Waals surface area contributed by atoms with Gasteiger partial charge in [0.15, 0.2) is 5.17 Å². The van der Waals surface area contributed by atoms with Gasteiger partial charge in [0.2, 0.25) is 5.91 Å². The molecule has 1 aliphatic heterocycles. The highest BCUT2D eigenvalue weighted by Gasteiger charge is 2.32. The Bertz CT molecular complexity index is 671. The van der Waals surface area contributed by atoms with Crippen LogP contribution in [0.1, 0.15) is 17.5 Å². The van der Waals surface area contributed by atoms with Gasteiger partial charge >= 0.3 is 12.1 Å². The van der Waals surface area contributed by atoms with Crippen molar-refractivity contribution in [2.45, 2.75) is 17.8 Å². The summed E-state index contributed by atoms with van der Waals surface area (Å²) in [6.07, 6.45) is -3.51. The molecule has 122 valence electrons. The second-order valence-electron chi connectivity index (χ2n) is 4.46. The molecule has 1 atom stereocenters. The number of alkyl halides is 3. The Kier molecular flexibility index (Phi) is 5.04. The molecule has 0 aliphatic carbocycles. The van der Waals surface area contributed by atoms with Crippen LogP contribution in [0.25, 0.3) is 0 Å². The number of rotatable bonds is 4. The zero-order valence-corrected chi connectivity index (χ0v) is 12.2. The molecule has 1 saturated heterocycles. The van der Waals surface area contributed by atoms with E-state index in [0.29, 0.717) is 5.56 Å². The van der Waals surface area contributed by atoms with Crippen LogP contribution in [0.3, 0.4) is 0 Å². The minimum atomic E-state index is -4.40. The summed E-state index contributed by atoms with van der Waals surface area (Å²) < 4.78 is 37.2. The molecule has 1 unspecified atom stereocenters. The fourth-order valence-corrected chi connectivity index (χ4v) is 2.57. The Morgan fingerprint density at radius 1 is 1.35 bits per heavy atom. The van der Waals surface area contributed by atoms with Crippen LogP contribution in [-0.2, 0) is 15.8 Å². The van der Waals surface area contributed by atoms with Crippen molar-refractivity contribution in [3.05, 3.63) is 35.4 Å². The van der Waals surface area contributed by atoms with Gasteiger partial charge in [0, 0.05) is 0 Å². The van der Waals surface area contributed by atoms with E-state index in [0.717, 1.165) is 23.9 Å². The normalized spacial score (nSPS) is 20.2. The van der Waals surface area contributed by atoms with Gasteiger partial charge in [-0.3, -0.25) is 9.59 Å². The Labute approximate surface area is 132 Å². The molecule has 0 bridgehead atoms. The lowest BCUT2D eigenvalue weighted by molar-refractivity contribution is -0.138. The van der Waals surface area contributed by atoms with E-state index in [9.17, 15) is 22.8 Å². The van der Waals surface area contributed by atoms with E-state index in [4.69, 9.17) is 5.11 Å². The molecular weight excluding hydrogens is 335 g/mol. The van der Waals surface area contributed by atoms with E-state index in [1.54, 1.807) is 0 Å². The van der Waals surface area contributed by atoms with E-state index < -0.39 is 28.9 Å². The maximum absolute atomic E-state index is 12.4. The summed E-state index contributed by atoms with van der Waals surface area (Å²) in [5.41, 5.74) is -0.366. The van der Waals surface area contributed by atoms with Gasteiger partial charge < -0.3 is 10.4 Å². The molecule has 1 aromatic carbocycles. The van der Waals surface area contributed by atoms with Crippen LogP contribution in [0, 0.1) is 0 Å². The average Bonchev–Trinajstić information content (AvgIpc) is 2.78. The molecule has 1 amide bonds. The van der Waals surface area contributed by atoms with Crippen LogP contribution >= 0.6 is 11.8 Å². The number of halogens is 3. The Morgan fingerprint density at radius 3 is 2.57 bits per heavy atom. The molecule has 1 aromatic rings. The zero-order valence-electron chi connectivity index (χ0n) is 11.4. The summed E-state index contributed by atoms with van der Waals surface area (Å²) >= 11 is 0.934. The van der Waals surface area contributed by atoms with Crippen LogP contribution in [0.15, 0.2) is 34.5 Å². The Balaban J connectivity index is 1.99. The number of carboxylic acids is 1. The maximum Gasteiger partial charge on any atom is 0.416 e. The molecule has 1 fully saturated rings. The number of hydrogen-bond donors (Lipinski definition) is 2. The minimum absolute atomic E-state index is 0.143. The number of hydrogen-bond acceptors (Lipinski definition) is 5. The third-order valence-corrected chi connectivity index (χ3v) is 3.80. The number of nitrogens with zero attached hydrogens (tertiary/aromatic N) is 2. The predicted octanol–water partition coefficient (Wildman–Crippen LogP) is 2.10. The number of carbonyl (C=O) groups excluding carboxylic acids is 1. The van der Waals surface area contributed by atoms with Crippen molar-refractivity contribution in [1.29, 1.82) is 0 Å². The van der Waals surface area contributed by atoms with E-state index in [1.807, 2.05) is 0 Å². The molecule has 0 spiro atoms. The highest BCUT2D eigenvalue weighted by Crippen LogP contribution is 2.28. The summed E-state index contributed by atoms with van der Waals surface area (Å²) in [5.74, 6) is -1.58. The zero-order chi connectivity index (χ0) is 17.0. The first-order valence-corrected chi connectivity index (χ1v) is 7.11. The molecule has 2 N–H and O–H groups in total. The maximum atomic E-state index is 12.4. The van der Waals surface area contributed by atoms with Crippen LogP contribution < -0.4 is 5.32 Å². The number of carboxylic acid groups (broad SMARTS) is 1. The van der Waals surface area contributed by atoms with E-state index in [2.05, 4.69) is 15.5 Å². The molecule has 1 heterocycles. The predicted molar refractivity (Wildman–Crippen MR) is 78.2 cm³/mol. The highest BCUT2D eigenvalue weighted by molar-refractivity contribution is 8.15. The molecule has 0 radical (unpaired) electrons. The van der Waals surface area contributed by atoms with Crippen molar-refractivity contribution in [2.75, 3.05) is 0 Å². The molecule has 23 heavy (non-hydrogen) atoms. The number of nitrogens with one attached hydrogen (secondary N) is 1. The highest BCUT2D eigenvalue weighted by atomic mass is 32.2. The van der Waals surface area contributed by atoms with Gasteiger partial charge in [0.25, 0.3) is 0 Å². The number of amides is 1. The number of aliphatic carboxylic acids is 1. The van der Waals surface area contributed by atoms with Crippen molar-refractivity contribution in [1.82, 2.24) is 5.32 Å². The number of benzene rings is 1. The van der Waals surface area contributed by atoms with E-state index >= 15 is 0 Å². The number of thioether (sulfide) groups is 1. The van der Waals surface area contributed by atoms with Gasteiger partial charge in [-0.2, -0.15) is 18.3 Å². The first-order chi connectivity index (χ1) is 10.8. The van der Waals surface area contributed by atoms with Gasteiger partial charge in [-0.1, -0.05) is 23.9 Å². The van der Waals surface area contributed by atoms with Gasteiger partial charge in [0.05, 0.1) is 18.2 Å². The minimum Gasteiger partial charge on any atom is -0.481 e. The molecule has 0 saturated carbocycles. The number of amidine groups is 1. The van der Waals surface area contributed by atoms with Gasteiger partial charge in [-0.15, -0.1) is 5.10 Å². The molecule has 2 rings (SSSR count). The third-order valence-electron chi connectivity index (χ3n) is 2.73. The van der Waals surface area contributed by atoms with Crippen molar-refractivity contribution in [3.8, 4) is 0 Å². The molecule has 1 aliphatic rings. The van der Waals surface area contributed by atoms with Gasteiger partial charge in [0.1, 0.15) is 5.25 Å².